The Bertz CT molecular complexity index is 1050. The maximum atomic E-state index is 14.9. The van der Waals surface area contributed by atoms with Gasteiger partial charge in [0.1, 0.15) is 17.0 Å². The lowest BCUT2D eigenvalue weighted by molar-refractivity contribution is 0.0240. The topological polar surface area (TPSA) is 92.1 Å². The fraction of sp³-hybridized carbons (Fsp3) is 0.476. The Hall–Kier alpha value is -3.10. The molecule has 1 fully saturated rings. The van der Waals surface area contributed by atoms with Crippen LogP contribution in [-0.4, -0.2) is 58.4 Å². The second-order valence-electron chi connectivity index (χ2n) is 8.24. The molecule has 1 saturated heterocycles. The summed E-state index contributed by atoms with van der Waals surface area (Å²) in [6, 6.07) is 2.68. The van der Waals surface area contributed by atoms with Gasteiger partial charge in [0.05, 0.1) is 11.2 Å². The van der Waals surface area contributed by atoms with Crippen LogP contribution >= 0.6 is 0 Å². The Labute approximate surface area is 173 Å². The first-order valence-electron chi connectivity index (χ1n) is 9.84. The van der Waals surface area contributed by atoms with Crippen molar-refractivity contribution in [2.45, 2.75) is 39.8 Å². The number of rotatable bonds is 3. The average Bonchev–Trinajstić information content (AvgIpc) is 2.67. The minimum absolute atomic E-state index is 0.0328. The molecule has 1 amide bonds. The molecule has 1 aromatic heterocycles. The van der Waals surface area contributed by atoms with Crippen molar-refractivity contribution in [3.05, 3.63) is 39.9 Å². The minimum Gasteiger partial charge on any atom is -0.477 e. The van der Waals surface area contributed by atoms with Crippen molar-refractivity contribution >= 4 is 28.7 Å². The monoisotopic (exact) mass is 419 g/mol. The summed E-state index contributed by atoms with van der Waals surface area (Å²) in [6.45, 7) is 9.22. The van der Waals surface area contributed by atoms with Crippen molar-refractivity contribution in [2.75, 3.05) is 31.1 Å². The number of aromatic nitrogens is 1. The molecule has 3 rings (SSSR count). The van der Waals surface area contributed by atoms with Crippen LogP contribution in [0, 0.1) is 5.82 Å². The van der Waals surface area contributed by atoms with Gasteiger partial charge in [0.15, 0.2) is 0 Å². The van der Waals surface area contributed by atoms with Gasteiger partial charge in [0.25, 0.3) is 0 Å². The Kier molecular flexibility index (Phi) is 5.74. The van der Waals surface area contributed by atoms with E-state index in [0.29, 0.717) is 43.9 Å². The molecule has 1 N–H and O–H groups in total. The SMILES string of the molecule is CCn1cc(C(=O)O)c(=O)c2cc(F)c(N3CCN(C(=O)OC(C)(C)C)CC3)cc21. The van der Waals surface area contributed by atoms with Crippen LogP contribution in [0.5, 0.6) is 0 Å². The molecular formula is C21H26FN3O5. The highest BCUT2D eigenvalue weighted by Crippen LogP contribution is 2.26. The second-order valence-corrected chi connectivity index (χ2v) is 8.24. The van der Waals surface area contributed by atoms with E-state index >= 15 is 0 Å². The summed E-state index contributed by atoms with van der Waals surface area (Å²) < 4.78 is 21.9. The first-order chi connectivity index (χ1) is 14.0. The van der Waals surface area contributed by atoms with Gasteiger partial charge in [-0.3, -0.25) is 4.79 Å². The fourth-order valence-corrected chi connectivity index (χ4v) is 3.51. The van der Waals surface area contributed by atoms with Gasteiger partial charge in [0.2, 0.25) is 5.43 Å². The largest absolute Gasteiger partial charge is 0.477 e. The molecule has 1 aliphatic heterocycles. The molecule has 2 heterocycles. The number of pyridine rings is 1. The number of aryl methyl sites for hydroxylation is 1. The molecule has 0 spiro atoms. The highest BCUT2D eigenvalue weighted by molar-refractivity contribution is 5.93. The number of benzene rings is 1. The molecular weight excluding hydrogens is 393 g/mol. The Balaban J connectivity index is 1.90. The zero-order chi connectivity index (χ0) is 22.2. The van der Waals surface area contributed by atoms with Crippen LogP contribution in [-0.2, 0) is 11.3 Å². The normalized spacial score (nSPS) is 14.8. The third kappa shape index (κ3) is 4.24. The number of anilines is 1. The molecule has 0 radical (unpaired) electrons. The number of carbonyl (C=O) groups is 2. The van der Waals surface area contributed by atoms with E-state index in [9.17, 15) is 23.9 Å². The molecule has 162 valence electrons. The van der Waals surface area contributed by atoms with Crippen molar-refractivity contribution in [3.63, 3.8) is 0 Å². The molecule has 0 unspecified atom stereocenters. The number of ether oxygens (including phenoxy) is 1. The number of hydrogen-bond acceptors (Lipinski definition) is 5. The number of amides is 1. The number of carboxylic acid groups (broad SMARTS) is 1. The number of nitrogens with zero attached hydrogens (tertiary/aromatic N) is 3. The summed E-state index contributed by atoms with van der Waals surface area (Å²) in [7, 11) is 0. The summed E-state index contributed by atoms with van der Waals surface area (Å²) in [6.07, 6.45) is 0.886. The van der Waals surface area contributed by atoms with Crippen molar-refractivity contribution in [3.8, 4) is 0 Å². The first-order valence-corrected chi connectivity index (χ1v) is 9.84. The van der Waals surface area contributed by atoms with Gasteiger partial charge >= 0.3 is 12.1 Å². The molecule has 0 bridgehead atoms. The van der Waals surface area contributed by atoms with Crippen LogP contribution in [0.25, 0.3) is 10.9 Å². The number of piperazine rings is 1. The number of fused-ring (bicyclic) bond motifs is 1. The summed E-state index contributed by atoms with van der Waals surface area (Å²) in [5, 5.41) is 9.29. The van der Waals surface area contributed by atoms with Crippen LogP contribution in [0.1, 0.15) is 38.1 Å². The van der Waals surface area contributed by atoms with Crippen LogP contribution in [0.3, 0.4) is 0 Å². The number of carbonyl (C=O) groups excluding carboxylic acids is 1. The van der Waals surface area contributed by atoms with Gasteiger partial charge in [0, 0.05) is 44.3 Å². The van der Waals surface area contributed by atoms with E-state index in [-0.39, 0.29) is 10.9 Å². The van der Waals surface area contributed by atoms with E-state index in [1.54, 1.807) is 36.3 Å². The number of hydrogen-bond donors (Lipinski definition) is 1. The second kappa shape index (κ2) is 7.97. The fourth-order valence-electron chi connectivity index (χ4n) is 3.51. The molecule has 8 nitrogen and oxygen atoms in total. The molecule has 0 atom stereocenters. The van der Waals surface area contributed by atoms with E-state index in [4.69, 9.17) is 4.74 Å². The summed E-state index contributed by atoms with van der Waals surface area (Å²) in [5.74, 6) is -1.94. The molecule has 0 saturated carbocycles. The van der Waals surface area contributed by atoms with E-state index in [2.05, 4.69) is 0 Å². The lowest BCUT2D eigenvalue weighted by Gasteiger charge is -2.37. The first kappa shape index (κ1) is 21.6. The van der Waals surface area contributed by atoms with Gasteiger partial charge < -0.3 is 24.2 Å². The minimum atomic E-state index is -1.34. The zero-order valence-corrected chi connectivity index (χ0v) is 17.6. The molecule has 2 aromatic rings. The smallest absolute Gasteiger partial charge is 0.410 e. The number of aromatic carboxylic acids is 1. The number of carboxylic acids is 1. The number of halogens is 1. The molecule has 1 aliphatic rings. The molecule has 9 heteroatoms. The van der Waals surface area contributed by atoms with Crippen molar-refractivity contribution in [2.24, 2.45) is 0 Å². The molecule has 0 aliphatic carbocycles. The predicted octanol–water partition coefficient (Wildman–Crippen LogP) is 2.92. The van der Waals surface area contributed by atoms with Gasteiger partial charge in [-0.25, -0.2) is 14.0 Å². The van der Waals surface area contributed by atoms with E-state index in [0.717, 1.165) is 6.07 Å². The quantitative estimate of drug-likeness (QED) is 0.823. The van der Waals surface area contributed by atoms with Crippen molar-refractivity contribution < 1.29 is 23.8 Å². The van der Waals surface area contributed by atoms with Crippen LogP contribution in [0.2, 0.25) is 0 Å². The molecule has 1 aromatic carbocycles. The lowest BCUT2D eigenvalue weighted by atomic mass is 10.1. The van der Waals surface area contributed by atoms with Crippen LogP contribution in [0.4, 0.5) is 14.9 Å². The summed E-state index contributed by atoms with van der Waals surface area (Å²) in [4.78, 5) is 39.5. The van der Waals surface area contributed by atoms with E-state index in [1.165, 1.54) is 6.20 Å². The predicted molar refractivity (Wildman–Crippen MR) is 111 cm³/mol. The summed E-state index contributed by atoms with van der Waals surface area (Å²) >= 11 is 0. The van der Waals surface area contributed by atoms with Crippen LogP contribution in [0.15, 0.2) is 23.1 Å². The third-order valence-electron chi connectivity index (χ3n) is 4.99. The van der Waals surface area contributed by atoms with Crippen molar-refractivity contribution in [1.82, 2.24) is 9.47 Å². The van der Waals surface area contributed by atoms with Gasteiger partial charge in [-0.1, -0.05) is 0 Å². The standard InChI is InChI=1S/C21H26FN3O5/c1-5-23-12-14(19(27)28)18(26)13-10-15(22)17(11-16(13)23)24-6-8-25(9-7-24)20(29)30-21(2,3)4/h10-12H,5-9H2,1-4H3,(H,27,28). The lowest BCUT2D eigenvalue weighted by Crippen LogP contribution is -2.50. The van der Waals surface area contributed by atoms with Crippen LogP contribution < -0.4 is 10.3 Å². The van der Waals surface area contributed by atoms with E-state index in [1.807, 2.05) is 11.8 Å². The Morgan fingerprint density at radius 3 is 2.33 bits per heavy atom. The van der Waals surface area contributed by atoms with Gasteiger partial charge in [-0.05, 0) is 39.8 Å². The summed E-state index contributed by atoms with van der Waals surface area (Å²) in [5.41, 5.74) is -0.892. The third-order valence-corrected chi connectivity index (χ3v) is 4.99. The highest BCUT2D eigenvalue weighted by atomic mass is 19.1. The highest BCUT2D eigenvalue weighted by Gasteiger charge is 2.27. The zero-order valence-electron chi connectivity index (χ0n) is 17.6. The average molecular weight is 419 g/mol. The Morgan fingerprint density at radius 2 is 1.80 bits per heavy atom. The maximum absolute atomic E-state index is 14.9. The van der Waals surface area contributed by atoms with Gasteiger partial charge in [-0.2, -0.15) is 0 Å². The molecule has 30 heavy (non-hydrogen) atoms. The van der Waals surface area contributed by atoms with Crippen molar-refractivity contribution in [1.29, 1.82) is 0 Å². The Morgan fingerprint density at radius 1 is 1.17 bits per heavy atom. The van der Waals surface area contributed by atoms with E-state index < -0.39 is 28.9 Å². The maximum Gasteiger partial charge on any atom is 0.410 e. The van der Waals surface area contributed by atoms with Gasteiger partial charge in [-0.15, -0.1) is 0 Å².